The van der Waals surface area contributed by atoms with Gasteiger partial charge in [-0.1, -0.05) is 6.92 Å². The van der Waals surface area contributed by atoms with Crippen molar-refractivity contribution in [2.45, 2.75) is 52.7 Å². The van der Waals surface area contributed by atoms with E-state index in [0.717, 1.165) is 32.6 Å². The monoisotopic (exact) mass is 252 g/mol. The van der Waals surface area contributed by atoms with Gasteiger partial charge in [0, 0.05) is 25.3 Å². The standard InChI is InChI=1S/C14H28N4/c1-5-10-18-14(7-9-16-18)12-15-8-6-11-17(4)13(2)3/h7,9,13,15H,5-6,8,10-12H2,1-4H3. The molecule has 1 aromatic heterocycles. The second-order valence-corrected chi connectivity index (χ2v) is 5.15. The first kappa shape index (κ1) is 15.2. The molecule has 0 aliphatic heterocycles. The van der Waals surface area contributed by atoms with Crippen molar-refractivity contribution >= 4 is 0 Å². The fourth-order valence-electron chi connectivity index (χ4n) is 1.85. The predicted molar refractivity (Wildman–Crippen MR) is 76.6 cm³/mol. The molecule has 104 valence electrons. The average molecular weight is 252 g/mol. The van der Waals surface area contributed by atoms with Crippen LogP contribution in [0.1, 0.15) is 39.3 Å². The average Bonchev–Trinajstić information content (AvgIpc) is 2.76. The Morgan fingerprint density at radius 3 is 2.89 bits per heavy atom. The van der Waals surface area contributed by atoms with Crippen LogP contribution in [0.25, 0.3) is 0 Å². The summed E-state index contributed by atoms with van der Waals surface area (Å²) in [4.78, 5) is 2.38. The fourth-order valence-corrected chi connectivity index (χ4v) is 1.85. The predicted octanol–water partition coefficient (Wildman–Crippen LogP) is 2.11. The Morgan fingerprint density at radius 2 is 2.22 bits per heavy atom. The molecule has 1 rings (SSSR count). The molecule has 0 unspecified atom stereocenters. The Morgan fingerprint density at radius 1 is 1.44 bits per heavy atom. The van der Waals surface area contributed by atoms with Gasteiger partial charge in [0.05, 0.1) is 5.69 Å². The molecule has 0 aromatic carbocycles. The van der Waals surface area contributed by atoms with Crippen molar-refractivity contribution in [3.63, 3.8) is 0 Å². The van der Waals surface area contributed by atoms with Crippen molar-refractivity contribution in [2.75, 3.05) is 20.1 Å². The number of nitrogens with one attached hydrogen (secondary N) is 1. The Kier molecular flexibility index (Phi) is 6.98. The van der Waals surface area contributed by atoms with E-state index in [1.54, 1.807) is 0 Å². The fraction of sp³-hybridized carbons (Fsp3) is 0.786. The summed E-state index contributed by atoms with van der Waals surface area (Å²) in [5, 5.41) is 7.82. The molecule has 0 spiro atoms. The van der Waals surface area contributed by atoms with Crippen LogP contribution in [0.3, 0.4) is 0 Å². The first-order chi connectivity index (χ1) is 8.65. The van der Waals surface area contributed by atoms with Crippen molar-refractivity contribution in [3.05, 3.63) is 18.0 Å². The Bertz CT molecular complexity index is 319. The Balaban J connectivity index is 2.16. The molecule has 0 radical (unpaired) electrons. The van der Waals surface area contributed by atoms with Crippen molar-refractivity contribution in [3.8, 4) is 0 Å². The molecule has 0 fully saturated rings. The number of aromatic nitrogens is 2. The summed E-state index contributed by atoms with van der Waals surface area (Å²) in [6.45, 7) is 10.8. The van der Waals surface area contributed by atoms with Gasteiger partial charge in [-0.25, -0.2) is 0 Å². The molecule has 1 aromatic rings. The van der Waals surface area contributed by atoms with Crippen LogP contribution in [-0.4, -0.2) is 40.9 Å². The molecule has 1 N–H and O–H groups in total. The van der Waals surface area contributed by atoms with Crippen LogP contribution in [0.5, 0.6) is 0 Å². The van der Waals surface area contributed by atoms with Gasteiger partial charge in [0.1, 0.15) is 0 Å². The van der Waals surface area contributed by atoms with Crippen LogP contribution in [0, 0.1) is 0 Å². The lowest BCUT2D eigenvalue weighted by Crippen LogP contribution is -2.29. The van der Waals surface area contributed by atoms with Gasteiger partial charge < -0.3 is 10.2 Å². The highest BCUT2D eigenvalue weighted by Gasteiger charge is 2.03. The highest BCUT2D eigenvalue weighted by Crippen LogP contribution is 2.00. The van der Waals surface area contributed by atoms with Crippen molar-refractivity contribution < 1.29 is 0 Å². The number of nitrogens with zero attached hydrogens (tertiary/aromatic N) is 3. The van der Waals surface area contributed by atoms with Crippen molar-refractivity contribution in [2.24, 2.45) is 0 Å². The van der Waals surface area contributed by atoms with Crippen LogP contribution < -0.4 is 5.32 Å². The smallest absolute Gasteiger partial charge is 0.0522 e. The van der Waals surface area contributed by atoms with Gasteiger partial charge in [-0.2, -0.15) is 5.10 Å². The van der Waals surface area contributed by atoms with Gasteiger partial charge in [0.2, 0.25) is 0 Å². The maximum absolute atomic E-state index is 4.32. The van der Waals surface area contributed by atoms with Crippen LogP contribution in [0.15, 0.2) is 12.3 Å². The van der Waals surface area contributed by atoms with Gasteiger partial charge in [0.25, 0.3) is 0 Å². The molecule has 4 heteroatoms. The molecule has 4 nitrogen and oxygen atoms in total. The summed E-state index contributed by atoms with van der Waals surface area (Å²) in [6, 6.07) is 2.74. The third-order valence-corrected chi connectivity index (χ3v) is 3.29. The van der Waals surface area contributed by atoms with E-state index in [4.69, 9.17) is 0 Å². The molecule has 0 saturated heterocycles. The topological polar surface area (TPSA) is 33.1 Å². The number of hydrogen-bond acceptors (Lipinski definition) is 3. The zero-order valence-electron chi connectivity index (χ0n) is 12.3. The maximum atomic E-state index is 4.32. The van der Waals surface area contributed by atoms with E-state index in [-0.39, 0.29) is 0 Å². The number of hydrogen-bond donors (Lipinski definition) is 1. The van der Waals surface area contributed by atoms with E-state index in [9.17, 15) is 0 Å². The molecule has 0 atom stereocenters. The normalized spacial score (nSPS) is 11.7. The van der Waals surface area contributed by atoms with E-state index < -0.39 is 0 Å². The lowest BCUT2D eigenvalue weighted by molar-refractivity contribution is 0.269. The van der Waals surface area contributed by atoms with Crippen molar-refractivity contribution in [1.29, 1.82) is 0 Å². The SMILES string of the molecule is CCCn1nccc1CNCCCN(C)C(C)C. The minimum Gasteiger partial charge on any atom is -0.311 e. The minimum atomic E-state index is 0.635. The van der Waals surface area contributed by atoms with Gasteiger partial charge in [-0.3, -0.25) is 4.68 Å². The second kappa shape index (κ2) is 8.27. The van der Waals surface area contributed by atoms with Gasteiger partial charge in [-0.15, -0.1) is 0 Å². The summed E-state index contributed by atoms with van der Waals surface area (Å²) >= 11 is 0. The third kappa shape index (κ3) is 5.19. The third-order valence-electron chi connectivity index (χ3n) is 3.29. The van der Waals surface area contributed by atoms with Gasteiger partial charge in [-0.05, 0) is 52.9 Å². The van der Waals surface area contributed by atoms with E-state index in [0.29, 0.717) is 6.04 Å². The van der Waals surface area contributed by atoms with Crippen LogP contribution in [-0.2, 0) is 13.1 Å². The maximum Gasteiger partial charge on any atom is 0.0522 e. The molecule has 0 aliphatic rings. The Hall–Kier alpha value is -0.870. The van der Waals surface area contributed by atoms with E-state index in [1.807, 2.05) is 6.20 Å². The highest BCUT2D eigenvalue weighted by molar-refractivity contribution is 4.99. The summed E-state index contributed by atoms with van der Waals surface area (Å²) < 4.78 is 2.09. The summed E-state index contributed by atoms with van der Waals surface area (Å²) in [7, 11) is 2.18. The molecular formula is C14H28N4. The van der Waals surface area contributed by atoms with Gasteiger partial charge >= 0.3 is 0 Å². The molecule has 18 heavy (non-hydrogen) atoms. The molecular weight excluding hydrogens is 224 g/mol. The zero-order valence-corrected chi connectivity index (χ0v) is 12.3. The van der Waals surface area contributed by atoms with Crippen molar-refractivity contribution in [1.82, 2.24) is 20.0 Å². The summed E-state index contributed by atoms with van der Waals surface area (Å²) in [5.74, 6) is 0. The number of aryl methyl sites for hydroxylation is 1. The van der Waals surface area contributed by atoms with Crippen LogP contribution in [0.4, 0.5) is 0 Å². The first-order valence-corrected chi connectivity index (χ1v) is 7.06. The Labute approximate surface area is 111 Å². The van der Waals surface area contributed by atoms with E-state index >= 15 is 0 Å². The van der Waals surface area contributed by atoms with Gasteiger partial charge in [0.15, 0.2) is 0 Å². The van der Waals surface area contributed by atoms with E-state index in [1.165, 1.54) is 12.1 Å². The van der Waals surface area contributed by atoms with Crippen LogP contribution >= 0.6 is 0 Å². The molecule has 0 amide bonds. The molecule has 0 aliphatic carbocycles. The molecule has 0 bridgehead atoms. The van der Waals surface area contributed by atoms with Crippen LogP contribution in [0.2, 0.25) is 0 Å². The molecule has 1 heterocycles. The summed E-state index contributed by atoms with van der Waals surface area (Å²) in [6.07, 6.45) is 4.21. The number of rotatable bonds is 9. The quantitative estimate of drug-likeness (QED) is 0.683. The van der Waals surface area contributed by atoms with E-state index in [2.05, 4.69) is 53.9 Å². The minimum absolute atomic E-state index is 0.635. The lowest BCUT2D eigenvalue weighted by Gasteiger charge is -2.20. The lowest BCUT2D eigenvalue weighted by atomic mass is 10.3. The highest BCUT2D eigenvalue weighted by atomic mass is 15.3. The largest absolute Gasteiger partial charge is 0.311 e. The second-order valence-electron chi connectivity index (χ2n) is 5.15. The zero-order chi connectivity index (χ0) is 13.4. The summed E-state index contributed by atoms with van der Waals surface area (Å²) in [5.41, 5.74) is 1.29. The first-order valence-electron chi connectivity index (χ1n) is 7.06. The molecule has 0 saturated carbocycles.